The SMILES string of the molecule is Cc1nnsc1C(=O)NCc1ccc(CN2CCCC2)cc1. The van der Waals surface area contributed by atoms with Gasteiger partial charge in [-0.1, -0.05) is 28.8 Å². The summed E-state index contributed by atoms with van der Waals surface area (Å²) >= 11 is 1.13. The molecule has 0 unspecified atom stereocenters. The Morgan fingerprint density at radius 3 is 2.55 bits per heavy atom. The lowest BCUT2D eigenvalue weighted by Crippen LogP contribution is -2.22. The number of aryl methyl sites for hydroxylation is 1. The largest absolute Gasteiger partial charge is 0.347 e. The molecule has 1 aliphatic heterocycles. The van der Waals surface area contributed by atoms with Crippen molar-refractivity contribution in [3.8, 4) is 0 Å². The number of hydrogen-bond acceptors (Lipinski definition) is 5. The van der Waals surface area contributed by atoms with E-state index in [2.05, 4.69) is 44.1 Å². The van der Waals surface area contributed by atoms with Gasteiger partial charge in [-0.15, -0.1) is 5.10 Å². The van der Waals surface area contributed by atoms with Gasteiger partial charge in [-0.05, 0) is 55.5 Å². The number of nitrogens with one attached hydrogen (secondary N) is 1. The van der Waals surface area contributed by atoms with Gasteiger partial charge in [0.05, 0.1) is 5.69 Å². The fourth-order valence-corrected chi connectivity index (χ4v) is 3.24. The summed E-state index contributed by atoms with van der Waals surface area (Å²) in [5.74, 6) is -0.103. The lowest BCUT2D eigenvalue weighted by Gasteiger charge is -2.14. The topological polar surface area (TPSA) is 58.1 Å². The van der Waals surface area contributed by atoms with E-state index >= 15 is 0 Å². The molecule has 0 bridgehead atoms. The molecule has 0 atom stereocenters. The first-order chi connectivity index (χ1) is 10.7. The van der Waals surface area contributed by atoms with Crippen LogP contribution in [0.3, 0.4) is 0 Å². The Hall–Kier alpha value is -1.79. The molecule has 0 saturated carbocycles. The van der Waals surface area contributed by atoms with E-state index < -0.39 is 0 Å². The zero-order chi connectivity index (χ0) is 15.4. The Balaban J connectivity index is 1.52. The van der Waals surface area contributed by atoms with Gasteiger partial charge in [0.15, 0.2) is 0 Å². The van der Waals surface area contributed by atoms with E-state index in [9.17, 15) is 4.79 Å². The maximum absolute atomic E-state index is 12.0. The van der Waals surface area contributed by atoms with Crippen molar-refractivity contribution in [1.29, 1.82) is 0 Å². The number of carbonyl (C=O) groups is 1. The zero-order valence-corrected chi connectivity index (χ0v) is 13.5. The monoisotopic (exact) mass is 316 g/mol. The van der Waals surface area contributed by atoms with Crippen LogP contribution in [0.25, 0.3) is 0 Å². The van der Waals surface area contributed by atoms with E-state index in [-0.39, 0.29) is 5.91 Å². The smallest absolute Gasteiger partial charge is 0.265 e. The molecule has 1 aliphatic rings. The predicted molar refractivity (Wildman–Crippen MR) is 86.8 cm³/mol. The van der Waals surface area contributed by atoms with E-state index in [1.165, 1.54) is 31.5 Å². The summed E-state index contributed by atoms with van der Waals surface area (Å²) in [4.78, 5) is 15.1. The van der Waals surface area contributed by atoms with Crippen LogP contribution in [0.5, 0.6) is 0 Å². The lowest BCUT2D eigenvalue weighted by molar-refractivity contribution is 0.0954. The molecule has 3 rings (SSSR count). The summed E-state index contributed by atoms with van der Waals surface area (Å²) in [5.41, 5.74) is 3.12. The van der Waals surface area contributed by atoms with Gasteiger partial charge in [0.25, 0.3) is 5.91 Å². The van der Waals surface area contributed by atoms with Crippen LogP contribution in [0.4, 0.5) is 0 Å². The molecular weight excluding hydrogens is 296 g/mol. The van der Waals surface area contributed by atoms with E-state index in [0.29, 0.717) is 17.1 Å². The maximum atomic E-state index is 12.0. The van der Waals surface area contributed by atoms with Crippen LogP contribution in [0.1, 0.15) is 39.3 Å². The van der Waals surface area contributed by atoms with Crippen molar-refractivity contribution in [3.63, 3.8) is 0 Å². The van der Waals surface area contributed by atoms with Crippen LogP contribution in [0.2, 0.25) is 0 Å². The number of hydrogen-bond donors (Lipinski definition) is 1. The van der Waals surface area contributed by atoms with E-state index in [1.807, 2.05) is 0 Å². The molecule has 1 saturated heterocycles. The number of amides is 1. The van der Waals surface area contributed by atoms with Crippen LogP contribution >= 0.6 is 11.5 Å². The van der Waals surface area contributed by atoms with Crippen molar-refractivity contribution in [2.24, 2.45) is 0 Å². The van der Waals surface area contributed by atoms with Crippen LogP contribution in [-0.4, -0.2) is 33.5 Å². The second-order valence-corrected chi connectivity index (χ2v) is 6.42. The Labute approximate surface area is 134 Å². The van der Waals surface area contributed by atoms with Gasteiger partial charge >= 0.3 is 0 Å². The van der Waals surface area contributed by atoms with Gasteiger partial charge in [-0.3, -0.25) is 9.69 Å². The minimum absolute atomic E-state index is 0.103. The van der Waals surface area contributed by atoms with Gasteiger partial charge < -0.3 is 5.32 Å². The molecule has 2 heterocycles. The van der Waals surface area contributed by atoms with Crippen LogP contribution in [0.15, 0.2) is 24.3 Å². The quantitative estimate of drug-likeness (QED) is 0.920. The number of aromatic nitrogens is 2. The molecule has 1 aromatic carbocycles. The summed E-state index contributed by atoms with van der Waals surface area (Å²) in [6.07, 6.45) is 2.63. The highest BCUT2D eigenvalue weighted by Gasteiger charge is 2.13. The van der Waals surface area contributed by atoms with Gasteiger partial charge in [-0.25, -0.2) is 0 Å². The number of nitrogens with zero attached hydrogens (tertiary/aromatic N) is 3. The van der Waals surface area contributed by atoms with Crippen molar-refractivity contribution in [2.45, 2.75) is 32.9 Å². The Kier molecular flexibility index (Phi) is 4.80. The average Bonchev–Trinajstić information content (AvgIpc) is 3.18. The van der Waals surface area contributed by atoms with E-state index in [4.69, 9.17) is 0 Å². The second kappa shape index (κ2) is 6.98. The third kappa shape index (κ3) is 3.69. The van der Waals surface area contributed by atoms with Gasteiger partial charge in [0.1, 0.15) is 4.88 Å². The second-order valence-electron chi connectivity index (χ2n) is 5.67. The summed E-state index contributed by atoms with van der Waals surface area (Å²) in [6, 6.07) is 8.48. The summed E-state index contributed by atoms with van der Waals surface area (Å²) in [5, 5.41) is 6.77. The van der Waals surface area contributed by atoms with Crippen LogP contribution in [-0.2, 0) is 13.1 Å². The predicted octanol–water partition coefficient (Wildman–Crippen LogP) is 2.37. The first-order valence-electron chi connectivity index (χ1n) is 7.60. The summed E-state index contributed by atoms with van der Waals surface area (Å²) in [6.45, 7) is 5.77. The molecular formula is C16H20N4OS. The third-order valence-electron chi connectivity index (χ3n) is 3.94. The number of carbonyl (C=O) groups excluding carboxylic acids is 1. The maximum Gasteiger partial charge on any atom is 0.265 e. The van der Waals surface area contributed by atoms with E-state index in [0.717, 1.165) is 23.6 Å². The van der Waals surface area contributed by atoms with Crippen molar-refractivity contribution in [1.82, 2.24) is 19.8 Å². The normalized spacial score (nSPS) is 15.1. The average molecular weight is 316 g/mol. The van der Waals surface area contributed by atoms with E-state index in [1.54, 1.807) is 6.92 Å². The Morgan fingerprint density at radius 1 is 1.23 bits per heavy atom. The van der Waals surface area contributed by atoms with Crippen molar-refractivity contribution >= 4 is 17.4 Å². The molecule has 1 fully saturated rings. The van der Waals surface area contributed by atoms with Crippen LogP contribution in [0, 0.1) is 6.92 Å². The molecule has 1 amide bonds. The fraction of sp³-hybridized carbons (Fsp3) is 0.438. The molecule has 1 N–H and O–H groups in total. The Morgan fingerprint density at radius 2 is 1.91 bits per heavy atom. The van der Waals surface area contributed by atoms with Crippen molar-refractivity contribution in [2.75, 3.05) is 13.1 Å². The molecule has 5 nitrogen and oxygen atoms in total. The first kappa shape index (κ1) is 15.1. The van der Waals surface area contributed by atoms with Crippen LogP contribution < -0.4 is 5.32 Å². The molecule has 6 heteroatoms. The molecule has 22 heavy (non-hydrogen) atoms. The van der Waals surface area contributed by atoms with Crippen molar-refractivity contribution < 1.29 is 4.79 Å². The fourth-order valence-electron chi connectivity index (χ4n) is 2.66. The minimum atomic E-state index is -0.103. The molecule has 0 aliphatic carbocycles. The highest BCUT2D eigenvalue weighted by atomic mass is 32.1. The summed E-state index contributed by atoms with van der Waals surface area (Å²) < 4.78 is 3.78. The number of benzene rings is 1. The van der Waals surface area contributed by atoms with Crippen molar-refractivity contribution in [3.05, 3.63) is 46.0 Å². The molecule has 2 aromatic rings. The lowest BCUT2D eigenvalue weighted by atomic mass is 10.1. The molecule has 0 spiro atoms. The van der Waals surface area contributed by atoms with Gasteiger partial charge in [0.2, 0.25) is 0 Å². The Bertz CT molecular complexity index is 632. The molecule has 0 radical (unpaired) electrons. The molecule has 116 valence electrons. The minimum Gasteiger partial charge on any atom is -0.347 e. The number of rotatable bonds is 5. The highest BCUT2D eigenvalue weighted by Crippen LogP contribution is 2.14. The highest BCUT2D eigenvalue weighted by molar-refractivity contribution is 7.07. The van der Waals surface area contributed by atoms with Gasteiger partial charge in [0, 0.05) is 13.1 Å². The third-order valence-corrected chi connectivity index (χ3v) is 4.77. The zero-order valence-electron chi connectivity index (χ0n) is 12.7. The molecule has 1 aromatic heterocycles. The summed E-state index contributed by atoms with van der Waals surface area (Å²) in [7, 11) is 0. The number of likely N-dealkylation sites (tertiary alicyclic amines) is 1. The first-order valence-corrected chi connectivity index (χ1v) is 8.37. The standard InChI is InChI=1S/C16H20N4OS/c1-12-15(22-19-18-12)16(21)17-10-13-4-6-14(7-5-13)11-20-8-2-3-9-20/h4-7H,2-3,8-11H2,1H3,(H,17,21). The van der Waals surface area contributed by atoms with Gasteiger partial charge in [-0.2, -0.15) is 0 Å².